The van der Waals surface area contributed by atoms with E-state index in [-0.39, 0.29) is 5.91 Å². The Morgan fingerprint density at radius 1 is 1.32 bits per heavy atom. The van der Waals surface area contributed by atoms with Crippen molar-refractivity contribution in [2.75, 3.05) is 19.6 Å². The molecule has 1 atom stereocenters. The molecule has 1 saturated heterocycles. The normalized spacial score (nSPS) is 16.6. The number of nitrogens with zero attached hydrogens (tertiary/aromatic N) is 1. The standard InChI is InChI=1S/C18H22N2OS/c1-14-5-4-6-15(11-14)18(21)19-12-17(16-7-10-22-13-16)20-8-2-3-9-20/h4-7,10-11,13,17H,2-3,8-9,12H2,1H3,(H,19,21). The highest BCUT2D eigenvalue weighted by Crippen LogP contribution is 2.26. The molecule has 1 unspecified atom stereocenters. The van der Waals surface area contributed by atoms with Crippen LogP contribution in [0.25, 0.3) is 0 Å². The summed E-state index contributed by atoms with van der Waals surface area (Å²) in [7, 11) is 0. The Morgan fingerprint density at radius 3 is 2.82 bits per heavy atom. The Balaban J connectivity index is 1.67. The maximum Gasteiger partial charge on any atom is 0.251 e. The van der Waals surface area contributed by atoms with E-state index in [1.165, 1.54) is 18.4 Å². The Bertz CT molecular complexity index is 618. The summed E-state index contributed by atoms with van der Waals surface area (Å²) in [5.74, 6) is 0.0168. The van der Waals surface area contributed by atoms with Crippen molar-refractivity contribution in [2.45, 2.75) is 25.8 Å². The lowest BCUT2D eigenvalue weighted by molar-refractivity contribution is 0.0938. The van der Waals surface area contributed by atoms with E-state index in [1.807, 2.05) is 31.2 Å². The van der Waals surface area contributed by atoms with Crippen LogP contribution < -0.4 is 5.32 Å². The van der Waals surface area contributed by atoms with Gasteiger partial charge in [0.05, 0.1) is 6.04 Å². The van der Waals surface area contributed by atoms with Gasteiger partial charge in [-0.25, -0.2) is 0 Å². The number of carbonyl (C=O) groups excluding carboxylic acids is 1. The average molecular weight is 314 g/mol. The first-order valence-corrected chi connectivity index (χ1v) is 8.79. The van der Waals surface area contributed by atoms with Crippen LogP contribution in [-0.4, -0.2) is 30.4 Å². The molecule has 1 amide bonds. The van der Waals surface area contributed by atoms with E-state index in [1.54, 1.807) is 11.3 Å². The van der Waals surface area contributed by atoms with Crippen LogP contribution in [0, 0.1) is 6.92 Å². The minimum absolute atomic E-state index is 0.0168. The number of carbonyl (C=O) groups is 1. The summed E-state index contributed by atoms with van der Waals surface area (Å²) in [4.78, 5) is 14.8. The summed E-state index contributed by atoms with van der Waals surface area (Å²) < 4.78 is 0. The first-order valence-electron chi connectivity index (χ1n) is 7.85. The molecule has 1 N–H and O–H groups in total. The van der Waals surface area contributed by atoms with Gasteiger partial charge in [0, 0.05) is 12.1 Å². The van der Waals surface area contributed by atoms with Gasteiger partial charge in [-0.2, -0.15) is 11.3 Å². The Hall–Kier alpha value is -1.65. The summed E-state index contributed by atoms with van der Waals surface area (Å²) >= 11 is 1.72. The molecule has 1 aliphatic rings. The third kappa shape index (κ3) is 3.57. The van der Waals surface area contributed by atoms with Gasteiger partial charge in [0.2, 0.25) is 0 Å². The molecule has 2 heterocycles. The number of hydrogen-bond donors (Lipinski definition) is 1. The maximum atomic E-state index is 12.4. The smallest absolute Gasteiger partial charge is 0.251 e. The third-order valence-electron chi connectivity index (χ3n) is 4.25. The second kappa shape index (κ2) is 7.07. The van der Waals surface area contributed by atoms with E-state index in [9.17, 15) is 4.79 Å². The number of nitrogens with one attached hydrogen (secondary N) is 1. The molecule has 3 rings (SSSR count). The molecule has 0 saturated carbocycles. The SMILES string of the molecule is Cc1cccc(C(=O)NCC(c2ccsc2)N2CCCC2)c1. The lowest BCUT2D eigenvalue weighted by Crippen LogP contribution is -2.36. The molecule has 1 aliphatic heterocycles. The van der Waals surface area contributed by atoms with Gasteiger partial charge in [0.25, 0.3) is 5.91 Å². The number of likely N-dealkylation sites (tertiary alicyclic amines) is 1. The fraction of sp³-hybridized carbons (Fsp3) is 0.389. The molecule has 0 radical (unpaired) electrons. The predicted molar refractivity (Wildman–Crippen MR) is 91.4 cm³/mol. The van der Waals surface area contributed by atoms with Crippen molar-refractivity contribution in [1.29, 1.82) is 0 Å². The summed E-state index contributed by atoms with van der Waals surface area (Å²) in [5.41, 5.74) is 3.17. The van der Waals surface area contributed by atoms with Gasteiger partial charge in [-0.05, 0) is 67.4 Å². The van der Waals surface area contributed by atoms with Crippen LogP contribution >= 0.6 is 11.3 Å². The Labute approximate surface area is 136 Å². The molecule has 1 aromatic carbocycles. The number of benzene rings is 1. The van der Waals surface area contributed by atoms with E-state index < -0.39 is 0 Å². The van der Waals surface area contributed by atoms with Crippen LogP contribution in [0.5, 0.6) is 0 Å². The molecular formula is C18H22N2OS. The van der Waals surface area contributed by atoms with E-state index in [4.69, 9.17) is 0 Å². The molecule has 3 nitrogen and oxygen atoms in total. The van der Waals surface area contributed by atoms with E-state index in [0.29, 0.717) is 12.6 Å². The molecular weight excluding hydrogens is 292 g/mol. The van der Waals surface area contributed by atoms with Gasteiger partial charge >= 0.3 is 0 Å². The Morgan fingerprint density at radius 2 is 2.14 bits per heavy atom. The van der Waals surface area contributed by atoms with Crippen molar-refractivity contribution in [3.05, 3.63) is 57.8 Å². The van der Waals surface area contributed by atoms with E-state index >= 15 is 0 Å². The van der Waals surface area contributed by atoms with E-state index in [2.05, 4.69) is 27.0 Å². The van der Waals surface area contributed by atoms with Crippen LogP contribution in [0.2, 0.25) is 0 Å². The highest BCUT2D eigenvalue weighted by molar-refractivity contribution is 7.07. The molecule has 1 aromatic heterocycles. The topological polar surface area (TPSA) is 32.3 Å². The molecule has 2 aromatic rings. The first kappa shape index (κ1) is 15.3. The predicted octanol–water partition coefficient (Wildman–Crippen LogP) is 3.62. The zero-order valence-corrected chi connectivity index (χ0v) is 13.7. The molecule has 0 bridgehead atoms. The van der Waals surface area contributed by atoms with Crippen LogP contribution in [-0.2, 0) is 0 Å². The minimum Gasteiger partial charge on any atom is -0.350 e. The summed E-state index contributed by atoms with van der Waals surface area (Å²) in [6.07, 6.45) is 2.51. The van der Waals surface area contributed by atoms with Gasteiger partial charge in [-0.15, -0.1) is 0 Å². The summed E-state index contributed by atoms with van der Waals surface area (Å²) in [5, 5.41) is 7.42. The number of aryl methyl sites for hydroxylation is 1. The monoisotopic (exact) mass is 314 g/mol. The van der Waals surface area contributed by atoms with Crippen LogP contribution in [0.4, 0.5) is 0 Å². The molecule has 116 valence electrons. The largest absolute Gasteiger partial charge is 0.350 e. The lowest BCUT2D eigenvalue weighted by Gasteiger charge is -2.27. The number of hydrogen-bond acceptors (Lipinski definition) is 3. The van der Waals surface area contributed by atoms with Crippen molar-refractivity contribution in [1.82, 2.24) is 10.2 Å². The highest BCUT2D eigenvalue weighted by Gasteiger charge is 2.24. The van der Waals surface area contributed by atoms with Crippen LogP contribution in [0.3, 0.4) is 0 Å². The van der Waals surface area contributed by atoms with Crippen molar-refractivity contribution in [3.63, 3.8) is 0 Å². The van der Waals surface area contributed by atoms with E-state index in [0.717, 1.165) is 24.2 Å². The zero-order chi connectivity index (χ0) is 15.4. The lowest BCUT2D eigenvalue weighted by atomic mass is 10.1. The summed E-state index contributed by atoms with van der Waals surface area (Å²) in [6.45, 7) is 4.93. The molecule has 0 aliphatic carbocycles. The molecule has 1 fully saturated rings. The second-order valence-electron chi connectivity index (χ2n) is 5.90. The van der Waals surface area contributed by atoms with Crippen molar-refractivity contribution >= 4 is 17.2 Å². The first-order chi connectivity index (χ1) is 10.7. The Kier molecular flexibility index (Phi) is 4.90. The molecule has 0 spiro atoms. The zero-order valence-electron chi connectivity index (χ0n) is 12.9. The third-order valence-corrected chi connectivity index (χ3v) is 4.95. The average Bonchev–Trinajstić information content (AvgIpc) is 3.21. The highest BCUT2D eigenvalue weighted by atomic mass is 32.1. The van der Waals surface area contributed by atoms with Gasteiger partial charge in [-0.1, -0.05) is 17.7 Å². The van der Waals surface area contributed by atoms with Gasteiger partial charge in [0.1, 0.15) is 0 Å². The minimum atomic E-state index is 0.0168. The van der Waals surface area contributed by atoms with Crippen molar-refractivity contribution < 1.29 is 4.79 Å². The fourth-order valence-electron chi connectivity index (χ4n) is 3.05. The fourth-order valence-corrected chi connectivity index (χ4v) is 3.76. The second-order valence-corrected chi connectivity index (χ2v) is 6.68. The van der Waals surface area contributed by atoms with Crippen LogP contribution in [0.1, 0.15) is 40.4 Å². The van der Waals surface area contributed by atoms with Gasteiger partial charge < -0.3 is 5.32 Å². The number of amides is 1. The van der Waals surface area contributed by atoms with Gasteiger partial charge in [0.15, 0.2) is 0 Å². The maximum absolute atomic E-state index is 12.4. The van der Waals surface area contributed by atoms with Gasteiger partial charge in [-0.3, -0.25) is 9.69 Å². The quantitative estimate of drug-likeness (QED) is 0.914. The summed E-state index contributed by atoms with van der Waals surface area (Å²) in [6, 6.07) is 10.2. The number of thiophene rings is 1. The van der Waals surface area contributed by atoms with Crippen LogP contribution in [0.15, 0.2) is 41.1 Å². The molecule has 4 heteroatoms. The molecule has 22 heavy (non-hydrogen) atoms. The van der Waals surface area contributed by atoms with Crippen molar-refractivity contribution in [2.24, 2.45) is 0 Å². The number of rotatable bonds is 5. The van der Waals surface area contributed by atoms with Crippen molar-refractivity contribution in [3.8, 4) is 0 Å².